The van der Waals surface area contributed by atoms with Gasteiger partial charge < -0.3 is 4.90 Å². The number of hydrogen-bond donors (Lipinski definition) is 0. The Morgan fingerprint density at radius 3 is 2.83 bits per heavy atom. The fraction of sp³-hybridized carbons (Fsp3) is 0.611. The summed E-state index contributed by atoms with van der Waals surface area (Å²) in [6.45, 7) is 7.81. The van der Waals surface area contributed by atoms with E-state index in [1.54, 1.807) is 11.3 Å². The van der Waals surface area contributed by atoms with E-state index in [9.17, 15) is 4.79 Å². The number of carbonyl (C=O) groups is 1. The standard InChI is InChI=1S/C18H26N4OS/c1-5-15-11-24-18(19-15)14-7-6-8-22(10-14)17(23)9-16-12(2)20-21(4)13(16)3/h11,14H,5-10H2,1-4H3/t14-/m0/s1. The van der Waals surface area contributed by atoms with Gasteiger partial charge in [0.05, 0.1) is 22.8 Å². The molecule has 1 amide bonds. The van der Waals surface area contributed by atoms with Gasteiger partial charge in [0.2, 0.25) is 5.91 Å². The Balaban J connectivity index is 1.68. The summed E-state index contributed by atoms with van der Waals surface area (Å²) in [7, 11) is 1.93. The lowest BCUT2D eigenvalue weighted by Crippen LogP contribution is -2.40. The number of likely N-dealkylation sites (tertiary alicyclic amines) is 1. The van der Waals surface area contributed by atoms with E-state index in [2.05, 4.69) is 17.4 Å². The lowest BCUT2D eigenvalue weighted by molar-refractivity contribution is -0.131. The average molecular weight is 347 g/mol. The third kappa shape index (κ3) is 3.38. The zero-order valence-electron chi connectivity index (χ0n) is 15.0. The summed E-state index contributed by atoms with van der Waals surface area (Å²) in [6, 6.07) is 0. The number of thiazole rings is 1. The highest BCUT2D eigenvalue weighted by molar-refractivity contribution is 7.09. The Labute approximate surface area is 147 Å². The van der Waals surface area contributed by atoms with Gasteiger partial charge in [-0.25, -0.2) is 4.98 Å². The number of aromatic nitrogens is 3. The lowest BCUT2D eigenvalue weighted by atomic mass is 9.98. The van der Waals surface area contributed by atoms with Crippen molar-refractivity contribution < 1.29 is 4.79 Å². The number of piperidine rings is 1. The Kier molecular flexibility index (Phi) is 5.04. The molecular formula is C18H26N4OS. The molecular weight excluding hydrogens is 320 g/mol. The lowest BCUT2D eigenvalue weighted by Gasteiger charge is -2.32. The summed E-state index contributed by atoms with van der Waals surface area (Å²) in [6.07, 6.45) is 3.62. The summed E-state index contributed by atoms with van der Waals surface area (Å²) in [5.74, 6) is 0.607. The van der Waals surface area contributed by atoms with Gasteiger partial charge in [0.1, 0.15) is 0 Å². The molecule has 0 unspecified atom stereocenters. The third-order valence-electron chi connectivity index (χ3n) is 5.04. The van der Waals surface area contributed by atoms with Gasteiger partial charge >= 0.3 is 0 Å². The molecule has 0 N–H and O–H groups in total. The Hall–Kier alpha value is -1.69. The van der Waals surface area contributed by atoms with E-state index in [1.165, 1.54) is 10.7 Å². The molecule has 0 aliphatic carbocycles. The van der Waals surface area contributed by atoms with Crippen LogP contribution in [0.5, 0.6) is 0 Å². The van der Waals surface area contributed by atoms with E-state index >= 15 is 0 Å². The van der Waals surface area contributed by atoms with Crippen molar-refractivity contribution in [2.75, 3.05) is 13.1 Å². The number of carbonyl (C=O) groups excluding carboxylic acids is 1. The van der Waals surface area contributed by atoms with E-state index in [1.807, 2.05) is 30.5 Å². The fourth-order valence-electron chi connectivity index (χ4n) is 3.41. The van der Waals surface area contributed by atoms with E-state index in [-0.39, 0.29) is 5.91 Å². The maximum Gasteiger partial charge on any atom is 0.227 e. The minimum absolute atomic E-state index is 0.214. The van der Waals surface area contributed by atoms with Crippen LogP contribution in [0, 0.1) is 13.8 Å². The summed E-state index contributed by atoms with van der Waals surface area (Å²) in [5.41, 5.74) is 4.29. The molecule has 0 aromatic carbocycles. The van der Waals surface area contributed by atoms with Gasteiger partial charge in [-0.1, -0.05) is 6.92 Å². The van der Waals surface area contributed by atoms with Gasteiger partial charge in [0.25, 0.3) is 0 Å². The number of rotatable bonds is 4. The minimum atomic E-state index is 0.214. The first-order chi connectivity index (χ1) is 11.5. The Morgan fingerprint density at radius 1 is 1.42 bits per heavy atom. The van der Waals surface area contributed by atoms with Crippen molar-refractivity contribution in [2.24, 2.45) is 7.05 Å². The summed E-state index contributed by atoms with van der Waals surface area (Å²) < 4.78 is 1.86. The van der Waals surface area contributed by atoms with Crippen molar-refractivity contribution in [3.8, 4) is 0 Å². The molecule has 1 aliphatic heterocycles. The second-order valence-corrected chi connectivity index (χ2v) is 7.55. The molecule has 0 saturated carbocycles. The predicted octanol–water partition coefficient (Wildman–Crippen LogP) is 3.00. The average Bonchev–Trinajstić information content (AvgIpc) is 3.15. The van der Waals surface area contributed by atoms with Crippen LogP contribution in [0.15, 0.2) is 5.38 Å². The summed E-state index contributed by atoms with van der Waals surface area (Å²) in [5, 5.41) is 7.76. The van der Waals surface area contributed by atoms with Crippen molar-refractivity contribution in [2.45, 2.75) is 52.4 Å². The summed E-state index contributed by atoms with van der Waals surface area (Å²) >= 11 is 1.74. The molecule has 0 spiro atoms. The van der Waals surface area contributed by atoms with Gasteiger partial charge in [-0.2, -0.15) is 5.10 Å². The highest BCUT2D eigenvalue weighted by Crippen LogP contribution is 2.30. The number of hydrogen-bond acceptors (Lipinski definition) is 4. The van der Waals surface area contributed by atoms with Crippen LogP contribution >= 0.6 is 11.3 Å². The monoisotopic (exact) mass is 346 g/mol. The maximum atomic E-state index is 12.8. The second kappa shape index (κ2) is 7.05. The topological polar surface area (TPSA) is 51.0 Å². The molecule has 6 heteroatoms. The van der Waals surface area contributed by atoms with Gasteiger partial charge in [-0.05, 0) is 33.1 Å². The smallest absolute Gasteiger partial charge is 0.227 e. The van der Waals surface area contributed by atoms with Crippen LogP contribution in [0.25, 0.3) is 0 Å². The molecule has 130 valence electrons. The van der Waals surface area contributed by atoms with Crippen LogP contribution in [-0.2, 0) is 24.7 Å². The highest BCUT2D eigenvalue weighted by Gasteiger charge is 2.27. The van der Waals surface area contributed by atoms with Crippen molar-refractivity contribution in [1.82, 2.24) is 19.7 Å². The molecule has 0 bridgehead atoms. The number of nitrogens with zero attached hydrogens (tertiary/aromatic N) is 4. The minimum Gasteiger partial charge on any atom is -0.342 e. The molecule has 2 aromatic heterocycles. The van der Waals surface area contributed by atoms with Crippen LogP contribution in [-0.4, -0.2) is 38.7 Å². The van der Waals surface area contributed by atoms with Crippen molar-refractivity contribution in [3.63, 3.8) is 0 Å². The highest BCUT2D eigenvalue weighted by atomic mass is 32.1. The zero-order valence-corrected chi connectivity index (χ0v) is 15.8. The molecule has 3 heterocycles. The first-order valence-corrected chi connectivity index (χ1v) is 9.58. The van der Waals surface area contributed by atoms with Crippen molar-refractivity contribution in [3.05, 3.63) is 33.0 Å². The molecule has 24 heavy (non-hydrogen) atoms. The normalized spacial score (nSPS) is 18.2. The Morgan fingerprint density at radius 2 is 2.21 bits per heavy atom. The SMILES string of the molecule is CCc1csc([C@H]2CCCN(C(=O)Cc3c(C)nn(C)c3C)C2)n1. The molecule has 1 aliphatic rings. The first-order valence-electron chi connectivity index (χ1n) is 8.70. The van der Waals surface area contributed by atoms with Crippen LogP contribution in [0.1, 0.15) is 53.3 Å². The fourth-order valence-corrected chi connectivity index (χ4v) is 4.45. The van der Waals surface area contributed by atoms with Gasteiger partial charge in [-0.15, -0.1) is 11.3 Å². The molecule has 0 radical (unpaired) electrons. The first kappa shape index (κ1) is 17.1. The van der Waals surface area contributed by atoms with E-state index in [0.717, 1.165) is 49.3 Å². The maximum absolute atomic E-state index is 12.8. The zero-order chi connectivity index (χ0) is 17.3. The van der Waals surface area contributed by atoms with E-state index < -0.39 is 0 Å². The van der Waals surface area contributed by atoms with Gasteiger partial charge in [0, 0.05) is 42.7 Å². The number of aryl methyl sites for hydroxylation is 3. The third-order valence-corrected chi connectivity index (χ3v) is 6.10. The quantitative estimate of drug-likeness (QED) is 0.855. The van der Waals surface area contributed by atoms with Crippen molar-refractivity contribution in [1.29, 1.82) is 0 Å². The molecule has 1 atom stereocenters. The van der Waals surface area contributed by atoms with E-state index in [0.29, 0.717) is 12.3 Å². The molecule has 3 rings (SSSR count). The number of amides is 1. The molecule has 1 saturated heterocycles. The van der Waals surface area contributed by atoms with Crippen LogP contribution < -0.4 is 0 Å². The van der Waals surface area contributed by atoms with Gasteiger partial charge in [-0.3, -0.25) is 9.48 Å². The molecule has 2 aromatic rings. The van der Waals surface area contributed by atoms with Crippen LogP contribution in [0.3, 0.4) is 0 Å². The van der Waals surface area contributed by atoms with Crippen molar-refractivity contribution >= 4 is 17.2 Å². The van der Waals surface area contributed by atoms with Gasteiger partial charge in [0.15, 0.2) is 0 Å². The summed E-state index contributed by atoms with van der Waals surface area (Å²) in [4.78, 5) is 19.5. The molecule has 5 nitrogen and oxygen atoms in total. The van der Waals surface area contributed by atoms with Crippen LogP contribution in [0.2, 0.25) is 0 Å². The molecule has 1 fully saturated rings. The predicted molar refractivity (Wildman–Crippen MR) is 96.4 cm³/mol. The second-order valence-electron chi connectivity index (χ2n) is 6.66. The van der Waals surface area contributed by atoms with Crippen LogP contribution in [0.4, 0.5) is 0 Å². The van der Waals surface area contributed by atoms with E-state index in [4.69, 9.17) is 4.98 Å². The largest absolute Gasteiger partial charge is 0.342 e. The Bertz CT molecular complexity index is 733.